The molecule has 0 fully saturated rings. The molecule has 0 heterocycles. The lowest BCUT2D eigenvalue weighted by atomic mass is 9.74. The summed E-state index contributed by atoms with van der Waals surface area (Å²) < 4.78 is 6.27. The fourth-order valence-electron chi connectivity index (χ4n) is 5.12. The summed E-state index contributed by atoms with van der Waals surface area (Å²) in [5.41, 5.74) is -0.685. The van der Waals surface area contributed by atoms with Crippen LogP contribution in [-0.2, 0) is 4.74 Å². The van der Waals surface area contributed by atoms with Gasteiger partial charge < -0.3 is 14.9 Å². The molecule has 0 amide bonds. The molecule has 0 aliphatic rings. The van der Waals surface area contributed by atoms with Gasteiger partial charge in [0.1, 0.15) is 0 Å². The molecule has 0 saturated heterocycles. The molecule has 0 saturated carbocycles. The van der Waals surface area contributed by atoms with Crippen molar-refractivity contribution in [2.45, 2.75) is 169 Å². The van der Waals surface area contributed by atoms with Gasteiger partial charge in [-0.1, -0.05) is 150 Å². The molecule has 0 aliphatic carbocycles. The zero-order valence-electron chi connectivity index (χ0n) is 24.9. The third-order valence-electron chi connectivity index (χ3n) is 8.02. The first-order chi connectivity index (χ1) is 17.4. The van der Waals surface area contributed by atoms with Crippen molar-refractivity contribution in [2.75, 3.05) is 19.8 Å². The molecular formula is C32H64O3S. The summed E-state index contributed by atoms with van der Waals surface area (Å²) in [6, 6.07) is 0. The van der Waals surface area contributed by atoms with Crippen LogP contribution in [0.3, 0.4) is 0 Å². The lowest BCUT2D eigenvalue weighted by molar-refractivity contribution is 0.0198. The van der Waals surface area contributed by atoms with Crippen molar-refractivity contribution in [2.24, 2.45) is 10.8 Å². The number of hydrogen-bond acceptors (Lipinski definition) is 4. The van der Waals surface area contributed by atoms with Gasteiger partial charge in [-0.05, 0) is 31.5 Å². The Morgan fingerprint density at radius 1 is 0.556 bits per heavy atom. The van der Waals surface area contributed by atoms with E-state index < -0.39 is 5.41 Å². The molecule has 0 radical (unpaired) electrons. The zero-order chi connectivity index (χ0) is 27.0. The Labute approximate surface area is 231 Å². The minimum atomic E-state index is -0.643. The van der Waals surface area contributed by atoms with Crippen LogP contribution in [0.25, 0.3) is 0 Å². The molecule has 36 heavy (non-hydrogen) atoms. The van der Waals surface area contributed by atoms with Crippen molar-refractivity contribution in [1.82, 2.24) is 0 Å². The highest BCUT2D eigenvalue weighted by Gasteiger charge is 2.36. The van der Waals surface area contributed by atoms with Gasteiger partial charge in [0.05, 0.1) is 19.8 Å². The van der Waals surface area contributed by atoms with E-state index in [2.05, 4.69) is 20.8 Å². The number of rotatable bonds is 27. The smallest absolute Gasteiger partial charge is 0.165 e. The highest BCUT2D eigenvalue weighted by atomic mass is 32.1. The standard InChI is InChI=1S/C32H64O3S/c1-5-8-11-14-17-20-23-26-32(24-21-18-15-12-9-6-2,25-22-19-16-13-10-7-3)30(36)35-29-31(4,27-33)28-34/h33-34H,5-29H2,1-4H3. The monoisotopic (exact) mass is 528 g/mol. The second-order valence-corrected chi connectivity index (χ2v) is 12.3. The average molecular weight is 529 g/mol. The van der Waals surface area contributed by atoms with E-state index in [0.29, 0.717) is 6.61 Å². The van der Waals surface area contributed by atoms with Gasteiger partial charge in [0.25, 0.3) is 0 Å². The third kappa shape index (κ3) is 17.3. The third-order valence-corrected chi connectivity index (χ3v) is 8.58. The molecular weight excluding hydrogens is 464 g/mol. The molecule has 0 bridgehead atoms. The lowest BCUT2D eigenvalue weighted by Gasteiger charge is -2.36. The first-order valence-electron chi connectivity index (χ1n) is 15.8. The SMILES string of the molecule is CCCCCCCCCC(CCCCCCCC)(CCCCCCCC)C(=S)OCC(C)(CO)CO. The van der Waals surface area contributed by atoms with Gasteiger partial charge in [-0.3, -0.25) is 0 Å². The first-order valence-corrected chi connectivity index (χ1v) is 16.2. The predicted octanol–water partition coefficient (Wildman–Crippen LogP) is 9.95. The summed E-state index contributed by atoms with van der Waals surface area (Å²) in [4.78, 5) is 0. The van der Waals surface area contributed by atoms with Gasteiger partial charge in [0, 0.05) is 10.8 Å². The lowest BCUT2D eigenvalue weighted by Crippen LogP contribution is -2.38. The Morgan fingerprint density at radius 2 is 0.861 bits per heavy atom. The molecule has 2 N–H and O–H groups in total. The van der Waals surface area contributed by atoms with E-state index in [4.69, 9.17) is 17.0 Å². The molecule has 0 atom stereocenters. The fourth-order valence-corrected chi connectivity index (χ4v) is 5.49. The van der Waals surface area contributed by atoms with E-state index >= 15 is 0 Å². The number of hydrogen-bond donors (Lipinski definition) is 2. The topological polar surface area (TPSA) is 49.7 Å². The van der Waals surface area contributed by atoms with Crippen molar-refractivity contribution in [3.8, 4) is 0 Å². The van der Waals surface area contributed by atoms with Crippen LogP contribution < -0.4 is 0 Å². The maximum Gasteiger partial charge on any atom is 0.165 e. The summed E-state index contributed by atoms with van der Waals surface area (Å²) >= 11 is 6.04. The number of aliphatic hydroxyl groups is 2. The second kappa shape index (κ2) is 23.9. The van der Waals surface area contributed by atoms with Crippen LogP contribution in [0, 0.1) is 10.8 Å². The summed E-state index contributed by atoms with van der Waals surface area (Å²) in [5.74, 6) is 0. The molecule has 0 rings (SSSR count). The van der Waals surface area contributed by atoms with E-state index in [-0.39, 0.29) is 18.6 Å². The van der Waals surface area contributed by atoms with Crippen molar-refractivity contribution >= 4 is 17.3 Å². The highest BCUT2D eigenvalue weighted by Crippen LogP contribution is 2.40. The average Bonchev–Trinajstić information content (AvgIpc) is 2.90. The van der Waals surface area contributed by atoms with E-state index in [1.54, 1.807) is 0 Å². The highest BCUT2D eigenvalue weighted by molar-refractivity contribution is 7.80. The van der Waals surface area contributed by atoms with Gasteiger partial charge in [0.15, 0.2) is 5.05 Å². The quantitative estimate of drug-likeness (QED) is 0.0822. The number of unbranched alkanes of at least 4 members (excludes halogenated alkanes) is 16. The second-order valence-electron chi connectivity index (χ2n) is 11.9. The number of aliphatic hydroxyl groups excluding tert-OH is 2. The Bertz CT molecular complexity index is 474. The maximum atomic E-state index is 9.77. The van der Waals surface area contributed by atoms with Crippen molar-refractivity contribution in [1.29, 1.82) is 0 Å². The Kier molecular flexibility index (Phi) is 23.8. The van der Waals surface area contributed by atoms with Crippen molar-refractivity contribution in [3.05, 3.63) is 0 Å². The van der Waals surface area contributed by atoms with Crippen LogP contribution in [0.5, 0.6) is 0 Å². The molecule has 0 aromatic carbocycles. The molecule has 0 spiro atoms. The van der Waals surface area contributed by atoms with E-state index in [9.17, 15) is 10.2 Å². The molecule has 0 aromatic heterocycles. The largest absolute Gasteiger partial charge is 0.486 e. The molecule has 0 unspecified atom stereocenters. The maximum absolute atomic E-state index is 9.77. The summed E-state index contributed by atoms with van der Waals surface area (Å²) in [5, 5.41) is 20.3. The predicted molar refractivity (Wildman–Crippen MR) is 162 cm³/mol. The molecule has 4 heteroatoms. The van der Waals surface area contributed by atoms with Crippen LogP contribution in [0.1, 0.15) is 169 Å². The van der Waals surface area contributed by atoms with Gasteiger partial charge >= 0.3 is 0 Å². The van der Waals surface area contributed by atoms with Gasteiger partial charge in [-0.15, -0.1) is 0 Å². The molecule has 0 aliphatic heterocycles. The van der Waals surface area contributed by atoms with E-state index in [1.165, 1.54) is 122 Å². The normalized spacial score (nSPS) is 12.3. The van der Waals surface area contributed by atoms with E-state index in [1.807, 2.05) is 6.92 Å². The summed E-state index contributed by atoms with van der Waals surface area (Å²) in [6.45, 7) is 8.81. The van der Waals surface area contributed by atoms with Gasteiger partial charge in [0.2, 0.25) is 0 Å². The molecule has 216 valence electrons. The summed E-state index contributed by atoms with van der Waals surface area (Å²) in [7, 11) is 0. The Morgan fingerprint density at radius 3 is 1.17 bits per heavy atom. The van der Waals surface area contributed by atoms with Crippen LogP contribution in [0.15, 0.2) is 0 Å². The van der Waals surface area contributed by atoms with Crippen LogP contribution >= 0.6 is 12.2 Å². The fraction of sp³-hybridized carbons (Fsp3) is 0.969. The van der Waals surface area contributed by atoms with E-state index in [0.717, 1.165) is 24.3 Å². The zero-order valence-corrected chi connectivity index (χ0v) is 25.7. The summed E-state index contributed by atoms with van der Waals surface area (Å²) in [6.07, 6.45) is 28.1. The van der Waals surface area contributed by atoms with Gasteiger partial charge in [-0.2, -0.15) is 0 Å². The molecule has 3 nitrogen and oxygen atoms in total. The number of ether oxygens (including phenoxy) is 1. The van der Waals surface area contributed by atoms with Gasteiger partial charge in [-0.25, -0.2) is 0 Å². The minimum absolute atomic E-state index is 0.0416. The minimum Gasteiger partial charge on any atom is -0.486 e. The van der Waals surface area contributed by atoms with Crippen molar-refractivity contribution < 1.29 is 14.9 Å². The molecule has 0 aromatic rings. The van der Waals surface area contributed by atoms with Crippen LogP contribution in [0.2, 0.25) is 0 Å². The number of thiocarbonyl (C=S) groups is 1. The Hall–Kier alpha value is -0.190. The van der Waals surface area contributed by atoms with Crippen LogP contribution in [0.4, 0.5) is 0 Å². The van der Waals surface area contributed by atoms with Crippen molar-refractivity contribution in [3.63, 3.8) is 0 Å². The van der Waals surface area contributed by atoms with Crippen LogP contribution in [-0.4, -0.2) is 35.1 Å². The first kappa shape index (κ1) is 35.8. The Balaban J connectivity index is 5.25.